The van der Waals surface area contributed by atoms with Gasteiger partial charge in [0.2, 0.25) is 11.8 Å². The van der Waals surface area contributed by atoms with Crippen LogP contribution in [-0.2, 0) is 6.42 Å². The van der Waals surface area contributed by atoms with E-state index in [4.69, 9.17) is 4.42 Å². The molecular weight excluding hydrogens is 238 g/mol. The van der Waals surface area contributed by atoms with Gasteiger partial charge in [-0.25, -0.2) is 0 Å². The average Bonchev–Trinajstić information content (AvgIpc) is 2.87. The number of aromatic nitrogens is 2. The molecule has 1 heterocycles. The minimum atomic E-state index is 0.625. The van der Waals surface area contributed by atoms with Crippen molar-refractivity contribution in [3.63, 3.8) is 0 Å². The second-order valence-electron chi connectivity index (χ2n) is 4.71. The molecule has 1 aromatic heterocycles. The Kier molecular flexibility index (Phi) is 4.68. The summed E-state index contributed by atoms with van der Waals surface area (Å²) in [7, 11) is 0. The third kappa shape index (κ3) is 3.41. The highest BCUT2D eigenvalue weighted by Gasteiger charge is 2.11. The molecule has 0 saturated carbocycles. The first kappa shape index (κ1) is 13.7. The van der Waals surface area contributed by atoms with Crippen LogP contribution in [0.1, 0.15) is 30.4 Å². The Morgan fingerprint density at radius 3 is 2.84 bits per heavy atom. The smallest absolute Gasteiger partial charge is 0.248 e. The number of rotatable bonds is 6. The molecule has 102 valence electrons. The number of nitrogens with one attached hydrogen (secondary N) is 1. The van der Waals surface area contributed by atoms with E-state index < -0.39 is 0 Å². The van der Waals surface area contributed by atoms with Gasteiger partial charge in [0.25, 0.3) is 0 Å². The Balaban J connectivity index is 2.06. The maximum Gasteiger partial charge on any atom is 0.248 e. The van der Waals surface area contributed by atoms with E-state index in [2.05, 4.69) is 42.4 Å². The number of aryl methyl sites for hydroxylation is 2. The van der Waals surface area contributed by atoms with Crippen LogP contribution in [0.25, 0.3) is 11.5 Å². The van der Waals surface area contributed by atoms with E-state index >= 15 is 0 Å². The van der Waals surface area contributed by atoms with Crippen LogP contribution in [-0.4, -0.2) is 23.3 Å². The topological polar surface area (TPSA) is 51.0 Å². The molecule has 0 amide bonds. The first-order chi connectivity index (χ1) is 9.22. The molecule has 0 fully saturated rings. The minimum absolute atomic E-state index is 0.625. The van der Waals surface area contributed by atoms with E-state index in [9.17, 15) is 0 Å². The molecule has 0 bridgehead atoms. The van der Waals surface area contributed by atoms with Gasteiger partial charge < -0.3 is 9.73 Å². The Hall–Kier alpha value is -1.68. The molecule has 4 nitrogen and oxygen atoms in total. The monoisotopic (exact) mass is 259 g/mol. The SMILES string of the molecule is CCNCCCc1nnc(-c2cccc(C)c2C)o1. The normalized spacial score (nSPS) is 10.9. The van der Waals surface area contributed by atoms with E-state index in [1.165, 1.54) is 11.1 Å². The molecule has 1 N–H and O–H groups in total. The molecule has 19 heavy (non-hydrogen) atoms. The molecule has 1 aromatic carbocycles. The summed E-state index contributed by atoms with van der Waals surface area (Å²) >= 11 is 0. The van der Waals surface area contributed by atoms with Crippen LogP contribution in [0.2, 0.25) is 0 Å². The highest BCUT2D eigenvalue weighted by atomic mass is 16.4. The minimum Gasteiger partial charge on any atom is -0.421 e. The van der Waals surface area contributed by atoms with Crippen molar-refractivity contribution >= 4 is 0 Å². The van der Waals surface area contributed by atoms with Crippen LogP contribution < -0.4 is 5.32 Å². The van der Waals surface area contributed by atoms with Crippen molar-refractivity contribution in [2.45, 2.75) is 33.6 Å². The third-order valence-electron chi connectivity index (χ3n) is 3.30. The maximum atomic E-state index is 5.74. The second kappa shape index (κ2) is 6.48. The predicted octanol–water partition coefficient (Wildman–Crippen LogP) is 2.90. The summed E-state index contributed by atoms with van der Waals surface area (Å²) in [5.41, 5.74) is 3.47. The van der Waals surface area contributed by atoms with Crippen LogP contribution >= 0.6 is 0 Å². The van der Waals surface area contributed by atoms with E-state index in [-0.39, 0.29) is 0 Å². The van der Waals surface area contributed by atoms with Crippen LogP contribution in [0.5, 0.6) is 0 Å². The van der Waals surface area contributed by atoms with Crippen molar-refractivity contribution in [1.29, 1.82) is 0 Å². The fraction of sp³-hybridized carbons (Fsp3) is 0.467. The highest BCUT2D eigenvalue weighted by molar-refractivity contribution is 5.59. The van der Waals surface area contributed by atoms with Gasteiger partial charge in [-0.2, -0.15) is 0 Å². The van der Waals surface area contributed by atoms with Crippen LogP contribution in [0, 0.1) is 13.8 Å². The van der Waals surface area contributed by atoms with Crippen molar-refractivity contribution in [2.24, 2.45) is 0 Å². The molecule has 4 heteroatoms. The van der Waals surface area contributed by atoms with E-state index in [0.717, 1.165) is 31.5 Å². The molecule has 0 aliphatic rings. The lowest BCUT2D eigenvalue weighted by Crippen LogP contribution is -2.14. The van der Waals surface area contributed by atoms with Crippen molar-refractivity contribution in [1.82, 2.24) is 15.5 Å². The Labute approximate surface area is 114 Å². The van der Waals surface area contributed by atoms with Gasteiger partial charge in [0.15, 0.2) is 0 Å². The van der Waals surface area contributed by atoms with Gasteiger partial charge in [-0.3, -0.25) is 0 Å². The fourth-order valence-corrected chi connectivity index (χ4v) is 1.99. The van der Waals surface area contributed by atoms with Crippen molar-refractivity contribution in [2.75, 3.05) is 13.1 Å². The number of nitrogens with zero attached hydrogens (tertiary/aromatic N) is 2. The van der Waals surface area contributed by atoms with Gasteiger partial charge in [-0.05, 0) is 50.6 Å². The van der Waals surface area contributed by atoms with Gasteiger partial charge in [-0.15, -0.1) is 10.2 Å². The summed E-state index contributed by atoms with van der Waals surface area (Å²) in [5.74, 6) is 1.34. The third-order valence-corrected chi connectivity index (χ3v) is 3.30. The Bertz CT molecular complexity index is 534. The number of benzene rings is 1. The lowest BCUT2D eigenvalue weighted by molar-refractivity contribution is 0.492. The molecule has 0 aliphatic carbocycles. The van der Waals surface area contributed by atoms with Crippen molar-refractivity contribution in [3.05, 3.63) is 35.2 Å². The zero-order valence-corrected chi connectivity index (χ0v) is 11.9. The molecule has 0 atom stereocenters. The molecule has 0 saturated heterocycles. The largest absolute Gasteiger partial charge is 0.421 e. The Morgan fingerprint density at radius 1 is 1.21 bits per heavy atom. The van der Waals surface area contributed by atoms with Crippen LogP contribution in [0.15, 0.2) is 22.6 Å². The van der Waals surface area contributed by atoms with Crippen LogP contribution in [0.4, 0.5) is 0 Å². The van der Waals surface area contributed by atoms with Crippen molar-refractivity contribution < 1.29 is 4.42 Å². The van der Waals surface area contributed by atoms with Gasteiger partial charge in [0.1, 0.15) is 0 Å². The summed E-state index contributed by atoms with van der Waals surface area (Å²) in [6.45, 7) is 8.26. The van der Waals surface area contributed by atoms with E-state index in [0.29, 0.717) is 11.8 Å². The molecule has 0 spiro atoms. The van der Waals surface area contributed by atoms with Gasteiger partial charge in [0.05, 0.1) is 0 Å². The maximum absolute atomic E-state index is 5.74. The zero-order valence-electron chi connectivity index (χ0n) is 11.9. The highest BCUT2D eigenvalue weighted by Crippen LogP contribution is 2.24. The summed E-state index contributed by atoms with van der Waals surface area (Å²) < 4.78 is 5.74. The van der Waals surface area contributed by atoms with Gasteiger partial charge in [-0.1, -0.05) is 19.1 Å². The summed E-state index contributed by atoms with van der Waals surface area (Å²) in [5, 5.41) is 11.6. The number of hydrogen-bond donors (Lipinski definition) is 1. The summed E-state index contributed by atoms with van der Waals surface area (Å²) in [4.78, 5) is 0. The van der Waals surface area contributed by atoms with Gasteiger partial charge >= 0.3 is 0 Å². The standard InChI is InChI=1S/C15H21N3O/c1-4-16-10-6-9-14-17-18-15(19-14)13-8-5-7-11(2)12(13)3/h5,7-8,16H,4,6,9-10H2,1-3H3. The number of hydrogen-bond acceptors (Lipinski definition) is 4. The van der Waals surface area contributed by atoms with Gasteiger partial charge in [0, 0.05) is 12.0 Å². The first-order valence-electron chi connectivity index (χ1n) is 6.82. The molecule has 2 aromatic rings. The van der Waals surface area contributed by atoms with E-state index in [1.807, 2.05) is 12.1 Å². The second-order valence-corrected chi connectivity index (χ2v) is 4.71. The van der Waals surface area contributed by atoms with Crippen molar-refractivity contribution in [3.8, 4) is 11.5 Å². The first-order valence-corrected chi connectivity index (χ1v) is 6.82. The fourth-order valence-electron chi connectivity index (χ4n) is 1.99. The molecule has 0 unspecified atom stereocenters. The molecule has 0 radical (unpaired) electrons. The molecule has 0 aliphatic heterocycles. The molecule has 2 rings (SSSR count). The van der Waals surface area contributed by atoms with E-state index in [1.54, 1.807) is 0 Å². The zero-order chi connectivity index (χ0) is 13.7. The Morgan fingerprint density at radius 2 is 2.05 bits per heavy atom. The average molecular weight is 259 g/mol. The lowest BCUT2D eigenvalue weighted by atomic mass is 10.0. The quantitative estimate of drug-likeness (QED) is 0.810. The lowest BCUT2D eigenvalue weighted by Gasteiger charge is -2.03. The summed E-state index contributed by atoms with van der Waals surface area (Å²) in [6.07, 6.45) is 1.84. The van der Waals surface area contributed by atoms with Crippen LogP contribution in [0.3, 0.4) is 0 Å². The summed E-state index contributed by atoms with van der Waals surface area (Å²) in [6, 6.07) is 6.14. The predicted molar refractivity (Wildman–Crippen MR) is 76.1 cm³/mol. The molecular formula is C15H21N3O.